The molecule has 0 spiro atoms. The van der Waals surface area contributed by atoms with E-state index < -0.39 is 17.8 Å². The van der Waals surface area contributed by atoms with Gasteiger partial charge in [0.05, 0.1) is 18.9 Å². The predicted octanol–water partition coefficient (Wildman–Crippen LogP) is 2.38. The maximum atomic E-state index is 12.5. The normalized spacial score (nSPS) is 30.1. The van der Waals surface area contributed by atoms with Crippen molar-refractivity contribution in [3.8, 4) is 5.75 Å². The zero-order valence-corrected chi connectivity index (χ0v) is 11.9. The van der Waals surface area contributed by atoms with Gasteiger partial charge in [0.2, 0.25) is 5.91 Å². The lowest BCUT2D eigenvalue weighted by molar-refractivity contribution is -0.148. The summed E-state index contributed by atoms with van der Waals surface area (Å²) in [5, 5.41) is 12.2. The van der Waals surface area contributed by atoms with Crippen LogP contribution in [0.4, 0.5) is 5.69 Å². The molecule has 1 amide bonds. The molecule has 5 heteroatoms. The van der Waals surface area contributed by atoms with Crippen molar-refractivity contribution >= 4 is 17.6 Å². The second kappa shape index (κ2) is 5.39. The van der Waals surface area contributed by atoms with Crippen LogP contribution in [-0.4, -0.2) is 24.1 Å². The van der Waals surface area contributed by atoms with E-state index in [2.05, 4.69) is 5.32 Å². The molecule has 4 unspecified atom stereocenters. The van der Waals surface area contributed by atoms with E-state index in [9.17, 15) is 14.7 Å². The van der Waals surface area contributed by atoms with Crippen molar-refractivity contribution < 1.29 is 19.4 Å². The van der Waals surface area contributed by atoms with Gasteiger partial charge in [0, 0.05) is 5.69 Å². The fourth-order valence-electron chi connectivity index (χ4n) is 3.92. The monoisotopic (exact) mass is 289 g/mol. The molecule has 1 aromatic rings. The summed E-state index contributed by atoms with van der Waals surface area (Å²) in [7, 11) is 1.58. The van der Waals surface area contributed by atoms with Gasteiger partial charge < -0.3 is 15.2 Å². The van der Waals surface area contributed by atoms with Crippen LogP contribution in [0.15, 0.2) is 24.3 Å². The minimum atomic E-state index is -0.836. The van der Waals surface area contributed by atoms with Gasteiger partial charge in [-0.15, -0.1) is 0 Å². The van der Waals surface area contributed by atoms with E-state index in [4.69, 9.17) is 4.74 Å². The van der Waals surface area contributed by atoms with E-state index in [1.807, 2.05) is 0 Å². The van der Waals surface area contributed by atoms with Crippen LogP contribution in [0.1, 0.15) is 19.3 Å². The highest BCUT2D eigenvalue weighted by molar-refractivity contribution is 5.96. The van der Waals surface area contributed by atoms with Crippen LogP contribution in [0.2, 0.25) is 0 Å². The molecule has 2 saturated carbocycles. The van der Waals surface area contributed by atoms with E-state index >= 15 is 0 Å². The second-order valence-electron chi connectivity index (χ2n) is 5.94. The fourth-order valence-corrected chi connectivity index (χ4v) is 3.92. The lowest BCUT2D eigenvalue weighted by Gasteiger charge is -2.27. The summed E-state index contributed by atoms with van der Waals surface area (Å²) < 4.78 is 5.07. The van der Waals surface area contributed by atoms with E-state index in [0.29, 0.717) is 5.69 Å². The fraction of sp³-hybridized carbons (Fsp3) is 0.500. The standard InChI is InChI=1S/C16H19NO4/c1-21-12-6-4-11(5-7-12)17-15(18)13-9-2-3-10(8-9)14(13)16(19)20/h4-7,9-10,13-14H,2-3,8H2,1H3,(H,17,18)(H,19,20). The smallest absolute Gasteiger partial charge is 0.307 e. The SMILES string of the molecule is COc1ccc(NC(=O)C2C3CCC(C3)C2C(=O)O)cc1. The first kappa shape index (κ1) is 13.9. The summed E-state index contributed by atoms with van der Waals surface area (Å²) in [6.07, 6.45) is 2.78. The summed E-state index contributed by atoms with van der Waals surface area (Å²) in [5.41, 5.74) is 0.674. The van der Waals surface area contributed by atoms with Crippen LogP contribution >= 0.6 is 0 Å². The van der Waals surface area contributed by atoms with Crippen molar-refractivity contribution in [2.75, 3.05) is 12.4 Å². The van der Waals surface area contributed by atoms with Crippen LogP contribution in [-0.2, 0) is 9.59 Å². The van der Waals surface area contributed by atoms with Crippen molar-refractivity contribution in [1.82, 2.24) is 0 Å². The third-order valence-electron chi connectivity index (χ3n) is 4.86. The third kappa shape index (κ3) is 2.48. The Bertz CT molecular complexity index is 554. The summed E-state index contributed by atoms with van der Waals surface area (Å²) in [5.74, 6) is -0.827. The number of carbonyl (C=O) groups excluding carboxylic acids is 1. The Kier molecular flexibility index (Phi) is 3.57. The van der Waals surface area contributed by atoms with Crippen LogP contribution in [0.5, 0.6) is 5.75 Å². The Morgan fingerprint density at radius 1 is 1.14 bits per heavy atom. The highest BCUT2D eigenvalue weighted by Crippen LogP contribution is 2.52. The molecule has 0 heterocycles. The van der Waals surface area contributed by atoms with Crippen LogP contribution in [0, 0.1) is 23.7 Å². The number of anilines is 1. The quantitative estimate of drug-likeness (QED) is 0.892. The first-order valence-corrected chi connectivity index (χ1v) is 7.28. The molecule has 2 aliphatic rings. The maximum absolute atomic E-state index is 12.5. The highest BCUT2D eigenvalue weighted by atomic mass is 16.5. The van der Waals surface area contributed by atoms with Crippen LogP contribution < -0.4 is 10.1 Å². The molecule has 5 nitrogen and oxygen atoms in total. The number of benzene rings is 1. The van der Waals surface area contributed by atoms with Crippen molar-refractivity contribution in [2.24, 2.45) is 23.7 Å². The van der Waals surface area contributed by atoms with Gasteiger partial charge in [-0.1, -0.05) is 0 Å². The number of aliphatic carboxylic acids is 1. The summed E-state index contributed by atoms with van der Waals surface area (Å²) in [6, 6.07) is 7.07. The average molecular weight is 289 g/mol. The minimum absolute atomic E-state index is 0.166. The van der Waals surface area contributed by atoms with Crippen molar-refractivity contribution in [1.29, 1.82) is 0 Å². The summed E-state index contributed by atoms with van der Waals surface area (Å²) in [6.45, 7) is 0. The van der Waals surface area contributed by atoms with Crippen molar-refractivity contribution in [3.63, 3.8) is 0 Å². The summed E-state index contributed by atoms with van der Waals surface area (Å²) >= 11 is 0. The summed E-state index contributed by atoms with van der Waals surface area (Å²) in [4.78, 5) is 23.9. The van der Waals surface area contributed by atoms with Crippen LogP contribution in [0.25, 0.3) is 0 Å². The van der Waals surface area contributed by atoms with Gasteiger partial charge in [-0.05, 0) is 55.4 Å². The number of carboxylic acids is 1. The number of methoxy groups -OCH3 is 1. The zero-order valence-electron chi connectivity index (χ0n) is 11.9. The Morgan fingerprint density at radius 3 is 2.33 bits per heavy atom. The number of carboxylic acid groups (broad SMARTS) is 1. The van der Waals surface area contributed by atoms with E-state index in [0.717, 1.165) is 25.0 Å². The van der Waals surface area contributed by atoms with Crippen LogP contribution in [0.3, 0.4) is 0 Å². The number of hydrogen-bond donors (Lipinski definition) is 2. The Morgan fingerprint density at radius 2 is 1.76 bits per heavy atom. The molecule has 2 N–H and O–H groups in total. The topological polar surface area (TPSA) is 75.6 Å². The number of ether oxygens (including phenoxy) is 1. The Labute approximate surface area is 123 Å². The van der Waals surface area contributed by atoms with Gasteiger partial charge in [0.1, 0.15) is 5.75 Å². The number of nitrogens with one attached hydrogen (secondary N) is 1. The molecular formula is C16H19NO4. The Hall–Kier alpha value is -2.04. The molecule has 4 atom stereocenters. The first-order chi connectivity index (χ1) is 10.1. The number of hydrogen-bond acceptors (Lipinski definition) is 3. The number of rotatable bonds is 4. The lowest BCUT2D eigenvalue weighted by atomic mass is 9.78. The number of fused-ring (bicyclic) bond motifs is 2. The average Bonchev–Trinajstić information content (AvgIpc) is 3.08. The van der Waals surface area contributed by atoms with Gasteiger partial charge in [0.15, 0.2) is 0 Å². The van der Waals surface area contributed by atoms with E-state index in [1.54, 1.807) is 31.4 Å². The van der Waals surface area contributed by atoms with Gasteiger partial charge in [0.25, 0.3) is 0 Å². The third-order valence-corrected chi connectivity index (χ3v) is 4.86. The zero-order chi connectivity index (χ0) is 15.0. The molecule has 0 radical (unpaired) electrons. The van der Waals surface area contributed by atoms with Gasteiger partial charge in [-0.25, -0.2) is 0 Å². The van der Waals surface area contributed by atoms with E-state index in [1.165, 1.54) is 0 Å². The lowest BCUT2D eigenvalue weighted by Crippen LogP contribution is -2.37. The van der Waals surface area contributed by atoms with Crippen molar-refractivity contribution in [3.05, 3.63) is 24.3 Å². The molecule has 112 valence electrons. The molecular weight excluding hydrogens is 270 g/mol. The molecule has 2 aliphatic carbocycles. The largest absolute Gasteiger partial charge is 0.497 e. The molecule has 3 rings (SSSR count). The van der Waals surface area contributed by atoms with E-state index in [-0.39, 0.29) is 17.7 Å². The van der Waals surface area contributed by atoms with Gasteiger partial charge >= 0.3 is 5.97 Å². The second-order valence-corrected chi connectivity index (χ2v) is 5.94. The van der Waals surface area contributed by atoms with Gasteiger partial charge in [-0.3, -0.25) is 9.59 Å². The van der Waals surface area contributed by atoms with Gasteiger partial charge in [-0.2, -0.15) is 0 Å². The minimum Gasteiger partial charge on any atom is -0.497 e. The molecule has 0 aliphatic heterocycles. The molecule has 0 aromatic heterocycles. The number of carbonyl (C=O) groups is 2. The maximum Gasteiger partial charge on any atom is 0.307 e. The Balaban J connectivity index is 1.73. The molecule has 2 fully saturated rings. The first-order valence-electron chi connectivity index (χ1n) is 7.28. The molecule has 2 bridgehead atoms. The predicted molar refractivity (Wildman–Crippen MR) is 77.1 cm³/mol. The number of amides is 1. The molecule has 0 saturated heterocycles. The molecule has 1 aromatic carbocycles. The highest BCUT2D eigenvalue weighted by Gasteiger charge is 2.53. The van der Waals surface area contributed by atoms with Crippen molar-refractivity contribution in [2.45, 2.75) is 19.3 Å². The molecule has 21 heavy (non-hydrogen) atoms.